The lowest BCUT2D eigenvalue weighted by molar-refractivity contribution is -0.125. The van der Waals surface area contributed by atoms with Crippen LogP contribution in [0.4, 0.5) is 15.1 Å². The SMILES string of the molecule is CC(C)N(C(=O)c1cc(C(N)=O)c(NC(=O)C2(O)CC2)s1)c1ccc(F)cc1. The lowest BCUT2D eigenvalue weighted by atomic mass is 10.2. The fourth-order valence-corrected chi connectivity index (χ4v) is 3.70. The molecule has 1 aromatic heterocycles. The van der Waals surface area contributed by atoms with E-state index in [-0.39, 0.29) is 21.5 Å². The van der Waals surface area contributed by atoms with Crippen LogP contribution in [0.15, 0.2) is 30.3 Å². The maximum atomic E-state index is 13.2. The van der Waals surface area contributed by atoms with Gasteiger partial charge < -0.3 is 21.1 Å². The van der Waals surface area contributed by atoms with Gasteiger partial charge >= 0.3 is 0 Å². The van der Waals surface area contributed by atoms with E-state index in [1.807, 2.05) is 0 Å². The zero-order valence-corrected chi connectivity index (χ0v) is 16.2. The van der Waals surface area contributed by atoms with E-state index in [1.165, 1.54) is 35.2 Å². The summed E-state index contributed by atoms with van der Waals surface area (Å²) in [5.74, 6) is -2.27. The molecule has 4 N–H and O–H groups in total. The van der Waals surface area contributed by atoms with Crippen molar-refractivity contribution in [2.45, 2.75) is 38.3 Å². The Morgan fingerprint density at radius 3 is 2.36 bits per heavy atom. The average molecular weight is 405 g/mol. The number of carbonyl (C=O) groups excluding carboxylic acids is 3. The van der Waals surface area contributed by atoms with Crippen molar-refractivity contribution in [3.8, 4) is 0 Å². The van der Waals surface area contributed by atoms with E-state index in [9.17, 15) is 23.9 Å². The minimum Gasteiger partial charge on any atom is -0.380 e. The van der Waals surface area contributed by atoms with Crippen molar-refractivity contribution in [3.63, 3.8) is 0 Å². The lowest BCUT2D eigenvalue weighted by Gasteiger charge is -2.26. The van der Waals surface area contributed by atoms with E-state index in [0.717, 1.165) is 11.3 Å². The molecular formula is C19H20FN3O4S. The van der Waals surface area contributed by atoms with E-state index >= 15 is 0 Å². The molecule has 1 aliphatic carbocycles. The second kappa shape index (κ2) is 7.33. The number of carbonyl (C=O) groups is 3. The number of aliphatic hydroxyl groups is 1. The van der Waals surface area contributed by atoms with Gasteiger partial charge in [-0.05, 0) is 57.0 Å². The molecule has 0 aliphatic heterocycles. The number of rotatable bonds is 6. The Balaban J connectivity index is 1.93. The Labute approximate surface area is 165 Å². The molecule has 3 amide bonds. The van der Waals surface area contributed by atoms with Crippen LogP contribution in [0.3, 0.4) is 0 Å². The van der Waals surface area contributed by atoms with Crippen molar-refractivity contribution in [2.75, 3.05) is 10.2 Å². The first-order valence-corrected chi connectivity index (χ1v) is 9.50. The molecule has 2 aromatic rings. The second-order valence-corrected chi connectivity index (χ2v) is 8.00. The molecule has 1 heterocycles. The number of nitrogens with two attached hydrogens (primary N) is 1. The predicted octanol–water partition coefficient (Wildman–Crippen LogP) is 2.50. The third-order valence-corrected chi connectivity index (χ3v) is 5.46. The third kappa shape index (κ3) is 3.90. The van der Waals surface area contributed by atoms with Gasteiger partial charge in [0, 0.05) is 11.7 Å². The average Bonchev–Trinajstić information content (AvgIpc) is 3.23. The Hall–Kier alpha value is -2.78. The fourth-order valence-electron chi connectivity index (χ4n) is 2.71. The zero-order chi connectivity index (χ0) is 20.6. The number of hydrogen-bond acceptors (Lipinski definition) is 5. The van der Waals surface area contributed by atoms with Gasteiger partial charge in [-0.3, -0.25) is 14.4 Å². The number of anilines is 2. The Kier molecular flexibility index (Phi) is 5.22. The number of nitrogens with zero attached hydrogens (tertiary/aromatic N) is 1. The summed E-state index contributed by atoms with van der Waals surface area (Å²) in [6.45, 7) is 3.60. The summed E-state index contributed by atoms with van der Waals surface area (Å²) in [6.07, 6.45) is 0.682. The zero-order valence-electron chi connectivity index (χ0n) is 15.4. The van der Waals surface area contributed by atoms with Gasteiger partial charge in [0.05, 0.1) is 10.4 Å². The highest BCUT2D eigenvalue weighted by Gasteiger charge is 2.48. The molecule has 0 atom stereocenters. The van der Waals surface area contributed by atoms with E-state index in [1.54, 1.807) is 13.8 Å². The topological polar surface area (TPSA) is 113 Å². The lowest BCUT2D eigenvalue weighted by Crippen LogP contribution is -2.36. The summed E-state index contributed by atoms with van der Waals surface area (Å²) in [4.78, 5) is 38.6. The van der Waals surface area contributed by atoms with Crippen molar-refractivity contribution >= 4 is 39.7 Å². The van der Waals surface area contributed by atoms with Crippen LogP contribution in [0.5, 0.6) is 0 Å². The Morgan fingerprint density at radius 2 is 1.86 bits per heavy atom. The van der Waals surface area contributed by atoms with E-state index in [2.05, 4.69) is 5.32 Å². The number of hydrogen-bond donors (Lipinski definition) is 3. The molecule has 1 saturated carbocycles. The van der Waals surface area contributed by atoms with Crippen LogP contribution in [-0.2, 0) is 4.79 Å². The standard InChI is InChI=1S/C19H20FN3O4S/c1-10(2)23(12-5-3-11(20)4-6-12)17(25)14-9-13(15(21)24)16(28-14)22-18(26)19(27)7-8-19/h3-6,9-10,27H,7-8H2,1-2H3,(H2,21,24)(H,22,26). The molecule has 1 fully saturated rings. The summed E-state index contributed by atoms with van der Waals surface area (Å²) in [5, 5.41) is 12.5. The van der Waals surface area contributed by atoms with Gasteiger partial charge in [-0.25, -0.2) is 4.39 Å². The normalized spacial score (nSPS) is 14.6. The smallest absolute Gasteiger partial charge is 0.268 e. The maximum absolute atomic E-state index is 13.2. The van der Waals surface area contributed by atoms with Gasteiger partial charge in [-0.1, -0.05) is 0 Å². The van der Waals surface area contributed by atoms with Crippen molar-refractivity contribution in [2.24, 2.45) is 5.73 Å². The van der Waals surface area contributed by atoms with E-state index < -0.39 is 29.1 Å². The van der Waals surface area contributed by atoms with Crippen molar-refractivity contribution < 1.29 is 23.9 Å². The van der Waals surface area contributed by atoms with Gasteiger partial charge in [-0.2, -0.15) is 0 Å². The molecule has 148 valence electrons. The van der Waals surface area contributed by atoms with Crippen molar-refractivity contribution in [1.29, 1.82) is 0 Å². The monoisotopic (exact) mass is 405 g/mol. The van der Waals surface area contributed by atoms with Crippen LogP contribution in [0.25, 0.3) is 0 Å². The summed E-state index contributed by atoms with van der Waals surface area (Å²) in [7, 11) is 0. The summed E-state index contributed by atoms with van der Waals surface area (Å²) >= 11 is 0.903. The molecule has 0 bridgehead atoms. The summed E-state index contributed by atoms with van der Waals surface area (Å²) < 4.78 is 13.2. The number of benzene rings is 1. The molecule has 1 aromatic carbocycles. The fraction of sp³-hybridized carbons (Fsp3) is 0.316. The Bertz CT molecular complexity index is 935. The van der Waals surface area contributed by atoms with Gasteiger partial charge in [0.1, 0.15) is 16.4 Å². The minimum absolute atomic E-state index is 0.00578. The highest BCUT2D eigenvalue weighted by atomic mass is 32.1. The number of amides is 3. The molecule has 3 rings (SSSR count). The molecule has 0 spiro atoms. The first-order valence-electron chi connectivity index (χ1n) is 8.69. The van der Waals surface area contributed by atoms with E-state index in [0.29, 0.717) is 18.5 Å². The largest absolute Gasteiger partial charge is 0.380 e. The van der Waals surface area contributed by atoms with E-state index in [4.69, 9.17) is 5.73 Å². The molecule has 0 radical (unpaired) electrons. The highest BCUT2D eigenvalue weighted by Crippen LogP contribution is 2.38. The number of thiophene rings is 1. The van der Waals surface area contributed by atoms with Gasteiger partial charge in [0.25, 0.3) is 17.7 Å². The minimum atomic E-state index is -1.43. The quantitative estimate of drug-likeness (QED) is 0.685. The number of primary amides is 1. The first-order chi connectivity index (χ1) is 13.1. The summed E-state index contributed by atoms with van der Waals surface area (Å²) in [5.41, 5.74) is 4.44. The van der Waals surface area contributed by atoms with Crippen LogP contribution >= 0.6 is 11.3 Å². The molecule has 28 heavy (non-hydrogen) atoms. The summed E-state index contributed by atoms with van der Waals surface area (Å²) in [6, 6.07) is 6.55. The van der Waals surface area contributed by atoms with Gasteiger partial charge in [0.2, 0.25) is 0 Å². The molecule has 0 unspecified atom stereocenters. The first kappa shape index (κ1) is 20.0. The van der Waals surface area contributed by atoms with Crippen LogP contribution in [0.1, 0.15) is 46.7 Å². The number of nitrogens with one attached hydrogen (secondary N) is 1. The van der Waals surface area contributed by atoms with Gasteiger partial charge in [-0.15, -0.1) is 11.3 Å². The van der Waals surface area contributed by atoms with Crippen LogP contribution in [0.2, 0.25) is 0 Å². The van der Waals surface area contributed by atoms with Crippen molar-refractivity contribution in [3.05, 3.63) is 46.6 Å². The molecule has 1 aliphatic rings. The third-order valence-electron chi connectivity index (χ3n) is 4.42. The maximum Gasteiger partial charge on any atom is 0.268 e. The molecule has 0 saturated heterocycles. The highest BCUT2D eigenvalue weighted by molar-refractivity contribution is 7.18. The van der Waals surface area contributed by atoms with Gasteiger partial charge in [0.15, 0.2) is 0 Å². The van der Waals surface area contributed by atoms with Crippen LogP contribution < -0.4 is 16.0 Å². The van der Waals surface area contributed by atoms with Crippen LogP contribution in [-0.4, -0.2) is 34.5 Å². The predicted molar refractivity (Wildman–Crippen MR) is 104 cm³/mol. The van der Waals surface area contributed by atoms with Crippen LogP contribution in [0, 0.1) is 5.82 Å². The van der Waals surface area contributed by atoms with Crippen molar-refractivity contribution in [1.82, 2.24) is 0 Å². The number of halogens is 1. The second-order valence-electron chi connectivity index (χ2n) is 6.95. The molecular weight excluding hydrogens is 385 g/mol. The molecule has 7 nitrogen and oxygen atoms in total. The Morgan fingerprint density at radius 1 is 1.25 bits per heavy atom. The molecule has 9 heteroatoms.